The van der Waals surface area contributed by atoms with Crippen LogP contribution in [0.4, 0.5) is 0 Å². The van der Waals surface area contributed by atoms with Crippen LogP contribution in [0, 0.1) is 0 Å². The van der Waals surface area contributed by atoms with Gasteiger partial charge in [-0.3, -0.25) is 14.4 Å². The number of Topliss-reactive ketones (excluding diaryl/α,β-unsaturated/α-hetero) is 1. The number of carbonyl (C=O) groups is 3. The fraction of sp³-hybridized carbons (Fsp3) is 0.571. The van der Waals surface area contributed by atoms with Crippen molar-refractivity contribution < 1.29 is 14.4 Å². The number of amides is 2. The second-order valence-corrected chi connectivity index (χ2v) is 2.37. The molecule has 0 rings (SSSR count). The summed E-state index contributed by atoms with van der Waals surface area (Å²) in [5, 5.41) is 4.57. The van der Waals surface area contributed by atoms with Crippen LogP contribution in [0.2, 0.25) is 0 Å². The molecule has 0 fully saturated rings. The van der Waals surface area contributed by atoms with Gasteiger partial charge in [0.15, 0.2) is 0 Å². The molecule has 12 heavy (non-hydrogen) atoms. The molecule has 0 bridgehead atoms. The van der Waals surface area contributed by atoms with Crippen molar-refractivity contribution in [2.75, 3.05) is 7.05 Å². The molecule has 68 valence electrons. The highest BCUT2D eigenvalue weighted by atomic mass is 16.2. The quantitative estimate of drug-likeness (QED) is 0.526. The fourth-order valence-electron chi connectivity index (χ4n) is 0.580. The summed E-state index contributed by atoms with van der Waals surface area (Å²) in [6, 6.07) is -0.675. The highest BCUT2D eigenvalue weighted by molar-refractivity contribution is 6.35. The van der Waals surface area contributed by atoms with Crippen LogP contribution in [-0.2, 0) is 14.4 Å². The molecule has 0 heterocycles. The lowest BCUT2D eigenvalue weighted by Gasteiger charge is -2.09. The van der Waals surface area contributed by atoms with Crippen LogP contribution in [0.15, 0.2) is 0 Å². The van der Waals surface area contributed by atoms with Crippen LogP contribution in [-0.4, -0.2) is 30.7 Å². The Morgan fingerprint density at radius 3 is 2.08 bits per heavy atom. The maximum Gasteiger partial charge on any atom is 0.287 e. The van der Waals surface area contributed by atoms with Crippen LogP contribution in [0.5, 0.6) is 0 Å². The molecule has 0 aromatic heterocycles. The van der Waals surface area contributed by atoms with E-state index in [1.807, 2.05) is 0 Å². The van der Waals surface area contributed by atoms with E-state index in [1.165, 1.54) is 14.0 Å². The molecule has 2 N–H and O–H groups in total. The van der Waals surface area contributed by atoms with Gasteiger partial charge in [0, 0.05) is 14.0 Å². The van der Waals surface area contributed by atoms with Crippen molar-refractivity contribution in [1.29, 1.82) is 0 Å². The van der Waals surface area contributed by atoms with E-state index in [-0.39, 0.29) is 5.91 Å². The van der Waals surface area contributed by atoms with Crippen molar-refractivity contribution in [3.8, 4) is 0 Å². The van der Waals surface area contributed by atoms with Gasteiger partial charge in [-0.25, -0.2) is 0 Å². The number of hydrogen-bond acceptors (Lipinski definition) is 3. The molecular formula is C7H12N2O3. The Morgan fingerprint density at radius 1 is 1.25 bits per heavy atom. The van der Waals surface area contributed by atoms with E-state index in [0.29, 0.717) is 0 Å². The van der Waals surface area contributed by atoms with Crippen LogP contribution in [0.3, 0.4) is 0 Å². The normalized spacial score (nSPS) is 11.6. The third-order valence-corrected chi connectivity index (χ3v) is 1.31. The van der Waals surface area contributed by atoms with Gasteiger partial charge < -0.3 is 10.6 Å². The summed E-state index contributed by atoms with van der Waals surface area (Å²) in [7, 11) is 1.46. The maximum absolute atomic E-state index is 10.8. The van der Waals surface area contributed by atoms with Gasteiger partial charge in [0.25, 0.3) is 5.91 Å². The summed E-state index contributed by atoms with van der Waals surface area (Å²) in [6.07, 6.45) is 0. The maximum atomic E-state index is 10.8. The first-order valence-electron chi connectivity index (χ1n) is 3.52. The summed E-state index contributed by atoms with van der Waals surface area (Å²) < 4.78 is 0. The number of ketones is 1. The van der Waals surface area contributed by atoms with Crippen LogP contribution in [0.25, 0.3) is 0 Å². The lowest BCUT2D eigenvalue weighted by atomic mass is 10.3. The summed E-state index contributed by atoms with van der Waals surface area (Å²) in [6.45, 7) is 2.64. The number of likely N-dealkylation sites (N-methyl/N-ethyl adjacent to an activating group) is 1. The highest BCUT2D eigenvalue weighted by Gasteiger charge is 2.15. The van der Waals surface area contributed by atoms with Gasteiger partial charge in [-0.15, -0.1) is 0 Å². The van der Waals surface area contributed by atoms with Crippen molar-refractivity contribution >= 4 is 17.6 Å². The minimum Gasteiger partial charge on any atom is -0.357 e. The second-order valence-electron chi connectivity index (χ2n) is 2.37. The molecule has 1 atom stereocenters. The SMILES string of the molecule is CNC(=O)[C@H](C)NC(=O)C(C)=O. The van der Waals surface area contributed by atoms with Crippen molar-refractivity contribution in [1.82, 2.24) is 10.6 Å². The Hall–Kier alpha value is -1.39. The van der Waals surface area contributed by atoms with E-state index in [4.69, 9.17) is 0 Å². The monoisotopic (exact) mass is 172 g/mol. The minimum atomic E-state index is -0.744. The Morgan fingerprint density at radius 2 is 1.75 bits per heavy atom. The predicted molar refractivity (Wildman–Crippen MR) is 42.4 cm³/mol. The van der Waals surface area contributed by atoms with Crippen LogP contribution < -0.4 is 10.6 Å². The van der Waals surface area contributed by atoms with E-state index < -0.39 is 17.7 Å². The van der Waals surface area contributed by atoms with Gasteiger partial charge in [0.05, 0.1) is 0 Å². The molecule has 5 nitrogen and oxygen atoms in total. The molecule has 2 amide bonds. The number of nitrogens with one attached hydrogen (secondary N) is 2. The first-order valence-corrected chi connectivity index (χ1v) is 3.52. The molecule has 5 heteroatoms. The van der Waals surface area contributed by atoms with Gasteiger partial charge in [0.2, 0.25) is 11.7 Å². The predicted octanol–water partition coefficient (Wildman–Crippen LogP) is -1.17. The summed E-state index contributed by atoms with van der Waals surface area (Å²) in [5.74, 6) is -1.68. The molecule has 0 saturated heterocycles. The summed E-state index contributed by atoms with van der Waals surface area (Å²) in [4.78, 5) is 32.0. The average molecular weight is 172 g/mol. The summed E-state index contributed by atoms with van der Waals surface area (Å²) in [5.41, 5.74) is 0. The molecule has 0 spiro atoms. The van der Waals surface area contributed by atoms with E-state index >= 15 is 0 Å². The van der Waals surface area contributed by atoms with E-state index in [9.17, 15) is 14.4 Å². The number of rotatable bonds is 3. The average Bonchev–Trinajstić information content (AvgIpc) is 2.02. The molecule has 0 radical (unpaired) electrons. The van der Waals surface area contributed by atoms with E-state index in [2.05, 4.69) is 10.6 Å². The first-order chi connectivity index (χ1) is 5.49. The van der Waals surface area contributed by atoms with Crippen molar-refractivity contribution in [2.24, 2.45) is 0 Å². The third kappa shape index (κ3) is 3.14. The Balaban J connectivity index is 4.01. The minimum absolute atomic E-state index is 0.329. The van der Waals surface area contributed by atoms with Crippen molar-refractivity contribution in [3.63, 3.8) is 0 Å². The second kappa shape index (κ2) is 4.48. The fourth-order valence-corrected chi connectivity index (χ4v) is 0.580. The summed E-state index contributed by atoms with van der Waals surface area (Å²) >= 11 is 0. The topological polar surface area (TPSA) is 75.3 Å². The van der Waals surface area contributed by atoms with Crippen LogP contribution in [0.1, 0.15) is 13.8 Å². The smallest absolute Gasteiger partial charge is 0.287 e. The van der Waals surface area contributed by atoms with E-state index in [1.54, 1.807) is 0 Å². The molecule has 0 aliphatic rings. The lowest BCUT2D eigenvalue weighted by molar-refractivity contribution is -0.138. The van der Waals surface area contributed by atoms with Crippen LogP contribution >= 0.6 is 0 Å². The molecular weight excluding hydrogens is 160 g/mol. The zero-order valence-electron chi connectivity index (χ0n) is 7.30. The van der Waals surface area contributed by atoms with Gasteiger partial charge >= 0.3 is 0 Å². The highest BCUT2D eigenvalue weighted by Crippen LogP contribution is 1.81. The van der Waals surface area contributed by atoms with Gasteiger partial charge in [-0.05, 0) is 6.92 Å². The zero-order chi connectivity index (χ0) is 9.72. The Kier molecular flexibility index (Phi) is 3.96. The molecule has 0 saturated carbocycles. The molecule has 0 unspecified atom stereocenters. The van der Waals surface area contributed by atoms with E-state index in [0.717, 1.165) is 6.92 Å². The molecule has 0 aromatic carbocycles. The Bertz CT molecular complexity index is 213. The standard InChI is InChI=1S/C7H12N2O3/c1-4(6(11)8-3)9-7(12)5(2)10/h4H,1-3H3,(H,8,11)(H,9,12)/t4-/m0/s1. The molecule has 0 aliphatic carbocycles. The van der Waals surface area contributed by atoms with Gasteiger partial charge in [-0.1, -0.05) is 0 Å². The van der Waals surface area contributed by atoms with Gasteiger partial charge in [0.1, 0.15) is 6.04 Å². The largest absolute Gasteiger partial charge is 0.357 e. The van der Waals surface area contributed by atoms with Crippen molar-refractivity contribution in [2.45, 2.75) is 19.9 Å². The zero-order valence-corrected chi connectivity index (χ0v) is 7.30. The lowest BCUT2D eigenvalue weighted by Crippen LogP contribution is -2.45. The number of hydrogen-bond donors (Lipinski definition) is 2. The van der Waals surface area contributed by atoms with Gasteiger partial charge in [-0.2, -0.15) is 0 Å². The Labute approximate surface area is 70.5 Å². The third-order valence-electron chi connectivity index (χ3n) is 1.31. The molecule has 0 aliphatic heterocycles. The van der Waals surface area contributed by atoms with Crippen molar-refractivity contribution in [3.05, 3.63) is 0 Å². The molecule has 0 aromatic rings. The number of carbonyl (C=O) groups excluding carboxylic acids is 3. The first kappa shape index (κ1) is 10.6.